The molecule has 230 valence electrons. The molecule has 0 aromatic heterocycles. The van der Waals surface area contributed by atoms with Crippen LogP contribution in [0.4, 0.5) is 5.69 Å². The summed E-state index contributed by atoms with van der Waals surface area (Å²) in [7, 11) is -2.62. The van der Waals surface area contributed by atoms with E-state index in [1.54, 1.807) is 50.4 Å². The number of nitrogens with zero attached hydrogens (tertiary/aromatic N) is 2. The Morgan fingerprint density at radius 3 is 2.35 bits per heavy atom. The number of carbonyl (C=O) groups excluding carboxylic acids is 2. The van der Waals surface area contributed by atoms with Gasteiger partial charge in [-0.05, 0) is 80.6 Å². The van der Waals surface area contributed by atoms with E-state index in [1.165, 1.54) is 17.0 Å². The van der Waals surface area contributed by atoms with Crippen molar-refractivity contribution in [3.63, 3.8) is 0 Å². The number of nitrogens with one attached hydrogen (secondary N) is 1. The average Bonchev–Trinajstić information content (AvgIpc) is 3.50. The molecule has 0 unspecified atom stereocenters. The van der Waals surface area contributed by atoms with Gasteiger partial charge in [-0.1, -0.05) is 67.3 Å². The molecular formula is C33H40ClN3O5S. The number of sulfonamides is 1. The van der Waals surface area contributed by atoms with Crippen LogP contribution in [0, 0.1) is 13.8 Å². The summed E-state index contributed by atoms with van der Waals surface area (Å²) in [5.74, 6) is -0.129. The van der Waals surface area contributed by atoms with Crippen molar-refractivity contribution in [1.29, 1.82) is 0 Å². The molecular weight excluding hydrogens is 586 g/mol. The van der Waals surface area contributed by atoms with Gasteiger partial charge < -0.3 is 15.0 Å². The van der Waals surface area contributed by atoms with Crippen molar-refractivity contribution in [3.05, 3.63) is 88.4 Å². The Hall–Kier alpha value is -3.56. The molecule has 0 bridgehead atoms. The van der Waals surface area contributed by atoms with E-state index in [9.17, 15) is 18.0 Å². The largest absolute Gasteiger partial charge is 0.497 e. The van der Waals surface area contributed by atoms with Crippen LogP contribution < -0.4 is 14.4 Å². The maximum absolute atomic E-state index is 14.3. The molecule has 1 fully saturated rings. The number of ether oxygens (including phenoxy) is 1. The van der Waals surface area contributed by atoms with Crippen molar-refractivity contribution in [3.8, 4) is 5.75 Å². The second-order valence-corrected chi connectivity index (χ2v) is 13.3. The first-order valence-corrected chi connectivity index (χ1v) is 16.4. The minimum absolute atomic E-state index is 0.0515. The molecule has 1 saturated carbocycles. The van der Waals surface area contributed by atoms with Gasteiger partial charge in [0.25, 0.3) is 10.0 Å². The van der Waals surface area contributed by atoms with Crippen molar-refractivity contribution in [2.75, 3.05) is 18.0 Å². The van der Waals surface area contributed by atoms with Gasteiger partial charge in [-0.25, -0.2) is 8.42 Å². The summed E-state index contributed by atoms with van der Waals surface area (Å²) in [5, 5.41) is 3.51. The Kier molecular flexibility index (Phi) is 10.7. The smallest absolute Gasteiger partial charge is 0.264 e. The molecule has 0 saturated heterocycles. The number of aryl methyl sites for hydroxylation is 1. The Bertz CT molecular complexity index is 1540. The van der Waals surface area contributed by atoms with Crippen molar-refractivity contribution >= 4 is 39.1 Å². The van der Waals surface area contributed by atoms with E-state index in [-0.39, 0.29) is 23.4 Å². The van der Waals surface area contributed by atoms with Gasteiger partial charge in [0.1, 0.15) is 18.3 Å². The number of benzene rings is 3. The molecule has 0 aliphatic heterocycles. The van der Waals surface area contributed by atoms with Crippen molar-refractivity contribution in [1.82, 2.24) is 10.2 Å². The number of methoxy groups -OCH3 is 1. The lowest BCUT2D eigenvalue weighted by Gasteiger charge is -2.34. The minimum Gasteiger partial charge on any atom is -0.497 e. The highest BCUT2D eigenvalue weighted by molar-refractivity contribution is 7.92. The summed E-state index contributed by atoms with van der Waals surface area (Å²) < 4.78 is 34.7. The van der Waals surface area contributed by atoms with E-state index in [4.69, 9.17) is 16.3 Å². The molecule has 1 N–H and O–H groups in total. The van der Waals surface area contributed by atoms with E-state index in [2.05, 4.69) is 5.32 Å². The topological polar surface area (TPSA) is 96.0 Å². The summed E-state index contributed by atoms with van der Waals surface area (Å²) in [5.41, 5.74) is 2.49. The maximum atomic E-state index is 14.3. The highest BCUT2D eigenvalue weighted by Gasteiger charge is 2.35. The summed E-state index contributed by atoms with van der Waals surface area (Å²) >= 11 is 6.42. The van der Waals surface area contributed by atoms with Crippen LogP contribution in [-0.2, 0) is 26.2 Å². The quantitative estimate of drug-likeness (QED) is 0.265. The van der Waals surface area contributed by atoms with E-state index >= 15 is 0 Å². The average molecular weight is 626 g/mol. The normalized spacial score (nSPS) is 14.3. The highest BCUT2D eigenvalue weighted by atomic mass is 35.5. The zero-order valence-electron chi connectivity index (χ0n) is 25.2. The Balaban J connectivity index is 1.75. The van der Waals surface area contributed by atoms with Gasteiger partial charge in [-0.3, -0.25) is 13.9 Å². The SMILES string of the molecule is CC[C@@H](C(=O)NC1CCCC1)N(Cc1cccc(OC)c1)C(=O)CN(c1cccc(Cl)c1C)S(=O)(=O)c1ccc(C)cc1. The highest BCUT2D eigenvalue weighted by Crippen LogP contribution is 2.31. The fraction of sp³-hybridized carbons (Fsp3) is 0.394. The van der Waals surface area contributed by atoms with Crippen LogP contribution in [0.5, 0.6) is 5.75 Å². The third kappa shape index (κ3) is 7.70. The summed E-state index contributed by atoms with van der Waals surface area (Å²) in [4.78, 5) is 29.5. The second-order valence-electron chi connectivity index (χ2n) is 11.0. The van der Waals surface area contributed by atoms with E-state index in [0.29, 0.717) is 28.4 Å². The molecule has 3 aromatic carbocycles. The molecule has 1 aliphatic carbocycles. The lowest BCUT2D eigenvalue weighted by atomic mass is 10.1. The molecule has 1 atom stereocenters. The summed E-state index contributed by atoms with van der Waals surface area (Å²) in [6.07, 6.45) is 4.28. The molecule has 1 aliphatic rings. The van der Waals surface area contributed by atoms with Crippen molar-refractivity contribution in [2.24, 2.45) is 0 Å². The molecule has 0 spiro atoms. The Morgan fingerprint density at radius 2 is 1.70 bits per heavy atom. The van der Waals surface area contributed by atoms with Crippen molar-refractivity contribution < 1.29 is 22.7 Å². The molecule has 2 amide bonds. The first-order valence-electron chi connectivity index (χ1n) is 14.6. The summed E-state index contributed by atoms with van der Waals surface area (Å²) in [6, 6.07) is 18.0. The number of carbonyl (C=O) groups is 2. The predicted molar refractivity (Wildman–Crippen MR) is 170 cm³/mol. The summed E-state index contributed by atoms with van der Waals surface area (Å²) in [6.45, 7) is 5.02. The van der Waals surface area contributed by atoms with Crippen LogP contribution in [0.25, 0.3) is 0 Å². The molecule has 3 aromatic rings. The molecule has 43 heavy (non-hydrogen) atoms. The fourth-order valence-corrected chi connectivity index (χ4v) is 7.11. The van der Waals surface area contributed by atoms with Gasteiger partial charge in [0, 0.05) is 17.6 Å². The van der Waals surface area contributed by atoms with Crippen LogP contribution in [0.15, 0.2) is 71.6 Å². The predicted octanol–water partition coefficient (Wildman–Crippen LogP) is 6.03. The van der Waals surface area contributed by atoms with Gasteiger partial charge in [-0.15, -0.1) is 0 Å². The Labute approximate surface area is 260 Å². The zero-order chi connectivity index (χ0) is 31.1. The maximum Gasteiger partial charge on any atom is 0.264 e. The first kappa shape index (κ1) is 32.4. The van der Waals surface area contributed by atoms with Gasteiger partial charge in [0.15, 0.2) is 0 Å². The number of hydrogen-bond acceptors (Lipinski definition) is 5. The lowest BCUT2D eigenvalue weighted by molar-refractivity contribution is -0.140. The van der Waals surface area contributed by atoms with Crippen LogP contribution in [-0.4, -0.2) is 50.9 Å². The van der Waals surface area contributed by atoms with Crippen LogP contribution in [0.2, 0.25) is 5.02 Å². The van der Waals surface area contributed by atoms with Crippen LogP contribution >= 0.6 is 11.6 Å². The molecule has 0 radical (unpaired) electrons. The Morgan fingerprint density at radius 1 is 1.02 bits per heavy atom. The second kappa shape index (κ2) is 14.3. The third-order valence-electron chi connectivity index (χ3n) is 7.97. The monoisotopic (exact) mass is 625 g/mol. The molecule has 10 heteroatoms. The number of hydrogen-bond donors (Lipinski definition) is 1. The van der Waals surface area contributed by atoms with Crippen molar-refractivity contribution in [2.45, 2.75) is 76.4 Å². The molecule has 8 nitrogen and oxygen atoms in total. The van der Waals surface area contributed by atoms with Gasteiger partial charge >= 0.3 is 0 Å². The minimum atomic E-state index is -4.19. The fourth-order valence-electron chi connectivity index (χ4n) is 5.47. The number of amides is 2. The van der Waals surface area contributed by atoms with Crippen LogP contribution in [0.1, 0.15) is 55.7 Å². The molecule has 0 heterocycles. The van der Waals surface area contributed by atoms with E-state index in [0.717, 1.165) is 41.1 Å². The van der Waals surface area contributed by atoms with Crippen LogP contribution in [0.3, 0.4) is 0 Å². The van der Waals surface area contributed by atoms with E-state index < -0.39 is 28.5 Å². The van der Waals surface area contributed by atoms with Gasteiger partial charge in [0.05, 0.1) is 17.7 Å². The van der Waals surface area contributed by atoms with Gasteiger partial charge in [0.2, 0.25) is 11.8 Å². The number of halogens is 1. The standard InChI is InChI=1S/C33H40ClN3O5S/c1-5-30(33(39)35-26-11-6-7-12-26)36(21-25-10-8-13-27(20-25)42-4)32(38)22-37(31-15-9-14-29(34)24(31)3)43(40,41)28-18-16-23(2)17-19-28/h8-10,13-20,26,30H,5-7,11-12,21-22H2,1-4H3,(H,35,39)/t30-/m0/s1. The number of rotatable bonds is 12. The molecule has 4 rings (SSSR count). The third-order valence-corrected chi connectivity index (χ3v) is 10.2. The number of anilines is 1. The van der Waals surface area contributed by atoms with Gasteiger partial charge in [-0.2, -0.15) is 0 Å². The first-order chi connectivity index (χ1) is 20.5. The van der Waals surface area contributed by atoms with E-state index in [1.807, 2.05) is 32.0 Å². The lowest BCUT2D eigenvalue weighted by Crippen LogP contribution is -2.53. The zero-order valence-corrected chi connectivity index (χ0v) is 26.7.